The first-order valence-corrected chi connectivity index (χ1v) is 12.1. The predicted molar refractivity (Wildman–Crippen MR) is 140 cm³/mol. The molecule has 12 heteroatoms. The number of hydrogen-bond acceptors (Lipinski definition) is 9. The zero-order valence-corrected chi connectivity index (χ0v) is 22.4. The highest BCUT2D eigenvalue weighted by atomic mass is 79.9. The molecule has 4 N–H and O–H groups in total. The number of nitrogens with one attached hydrogen (secondary N) is 3. The Hall–Kier alpha value is -3.77. The van der Waals surface area contributed by atoms with Gasteiger partial charge < -0.3 is 34.7 Å². The van der Waals surface area contributed by atoms with E-state index < -0.39 is 24.3 Å². The van der Waals surface area contributed by atoms with Crippen LogP contribution in [0.1, 0.15) is 31.0 Å². The molecule has 2 amide bonds. The molecule has 0 radical (unpaired) electrons. The van der Waals surface area contributed by atoms with Gasteiger partial charge in [0.05, 0.1) is 43.1 Å². The van der Waals surface area contributed by atoms with Gasteiger partial charge in [-0.15, -0.1) is 0 Å². The SMILES string of the molecule is CCOc1cc([C@@H]2NC(=O)NC(C)=C2C(=O)OC)ccc1OC[C@@H](O)N/N=C\c1ccc(OC)c(Br)c1. The Morgan fingerprint density at radius 2 is 1.95 bits per heavy atom. The van der Waals surface area contributed by atoms with Gasteiger partial charge in [0.2, 0.25) is 0 Å². The van der Waals surface area contributed by atoms with Crippen LogP contribution in [0.25, 0.3) is 0 Å². The smallest absolute Gasteiger partial charge is 0.337 e. The molecule has 0 bridgehead atoms. The molecular formula is C25H29BrN4O7. The summed E-state index contributed by atoms with van der Waals surface area (Å²) < 4.78 is 22.3. The highest BCUT2D eigenvalue weighted by Crippen LogP contribution is 2.35. The lowest BCUT2D eigenvalue weighted by Gasteiger charge is -2.28. The summed E-state index contributed by atoms with van der Waals surface area (Å²) in [4.78, 5) is 24.4. The first-order valence-electron chi connectivity index (χ1n) is 11.3. The molecule has 2 aromatic carbocycles. The van der Waals surface area contributed by atoms with E-state index in [1.165, 1.54) is 7.11 Å². The van der Waals surface area contributed by atoms with E-state index in [0.717, 1.165) is 10.0 Å². The number of nitrogens with zero attached hydrogens (tertiary/aromatic N) is 1. The third-order valence-electron chi connectivity index (χ3n) is 5.29. The fraction of sp³-hybridized carbons (Fsp3) is 0.320. The minimum Gasteiger partial charge on any atom is -0.496 e. The number of urea groups is 1. The van der Waals surface area contributed by atoms with Crippen LogP contribution in [-0.4, -0.2) is 57.0 Å². The van der Waals surface area contributed by atoms with Gasteiger partial charge in [-0.3, -0.25) is 5.43 Å². The molecule has 0 aliphatic carbocycles. The number of hydrogen-bond donors (Lipinski definition) is 4. The molecule has 0 unspecified atom stereocenters. The fourth-order valence-corrected chi connectivity index (χ4v) is 4.14. The largest absolute Gasteiger partial charge is 0.496 e. The molecule has 0 aromatic heterocycles. The first-order chi connectivity index (χ1) is 17.8. The number of halogens is 1. The molecule has 1 aliphatic heterocycles. The van der Waals surface area contributed by atoms with Crippen molar-refractivity contribution in [3.8, 4) is 17.2 Å². The molecule has 2 atom stereocenters. The normalized spacial score (nSPS) is 16.1. The van der Waals surface area contributed by atoms with E-state index in [-0.39, 0.29) is 12.2 Å². The van der Waals surface area contributed by atoms with Crippen molar-refractivity contribution in [3.63, 3.8) is 0 Å². The maximum atomic E-state index is 12.4. The maximum absolute atomic E-state index is 12.4. The number of esters is 1. The zero-order chi connectivity index (χ0) is 26.9. The number of hydrazone groups is 1. The van der Waals surface area contributed by atoms with Gasteiger partial charge in [0, 0.05) is 5.70 Å². The highest BCUT2D eigenvalue weighted by molar-refractivity contribution is 9.10. The number of benzene rings is 2. The number of aliphatic hydroxyl groups excluding tert-OH is 1. The lowest BCUT2D eigenvalue weighted by atomic mass is 9.95. The monoisotopic (exact) mass is 576 g/mol. The molecular weight excluding hydrogens is 548 g/mol. The molecule has 2 aromatic rings. The molecule has 0 fully saturated rings. The lowest BCUT2D eigenvalue weighted by Crippen LogP contribution is -2.45. The van der Waals surface area contributed by atoms with E-state index >= 15 is 0 Å². The number of methoxy groups -OCH3 is 2. The van der Waals surface area contributed by atoms with Crippen LogP contribution >= 0.6 is 15.9 Å². The number of carbonyl (C=O) groups is 2. The van der Waals surface area contributed by atoms with Crippen molar-refractivity contribution in [2.45, 2.75) is 26.1 Å². The standard InChI is InChI=1S/C25H29BrN4O7/c1-5-36-20-11-16(23-22(24(32)35-4)14(2)28-25(33)29-23)7-9-19(20)37-13-21(31)30-27-12-15-6-8-18(34-3)17(26)10-15/h6-12,21,23,30-31H,5,13H2,1-4H3,(H2,28,29,33)/b27-12-/t21-,23+/m1/s1. The Bertz CT molecular complexity index is 1200. The van der Waals surface area contributed by atoms with Crippen molar-refractivity contribution in [1.82, 2.24) is 16.1 Å². The predicted octanol–water partition coefficient (Wildman–Crippen LogP) is 2.98. The van der Waals surface area contributed by atoms with Crippen molar-refractivity contribution in [2.75, 3.05) is 27.4 Å². The Morgan fingerprint density at radius 3 is 2.62 bits per heavy atom. The minimum absolute atomic E-state index is 0.125. The van der Waals surface area contributed by atoms with Crippen molar-refractivity contribution in [1.29, 1.82) is 0 Å². The minimum atomic E-state index is -1.10. The lowest BCUT2D eigenvalue weighted by molar-refractivity contribution is -0.136. The summed E-state index contributed by atoms with van der Waals surface area (Å²) in [7, 11) is 2.86. The van der Waals surface area contributed by atoms with Gasteiger partial charge >= 0.3 is 12.0 Å². The molecule has 1 heterocycles. The van der Waals surface area contributed by atoms with Crippen LogP contribution in [0.3, 0.4) is 0 Å². The van der Waals surface area contributed by atoms with E-state index in [0.29, 0.717) is 35.1 Å². The van der Waals surface area contributed by atoms with Gasteiger partial charge in [-0.05, 0) is 71.2 Å². The number of carbonyl (C=O) groups excluding carboxylic acids is 2. The molecule has 37 heavy (non-hydrogen) atoms. The van der Waals surface area contributed by atoms with Crippen LogP contribution in [-0.2, 0) is 9.53 Å². The summed E-state index contributed by atoms with van der Waals surface area (Å²) in [6.45, 7) is 3.66. The first kappa shape index (κ1) is 27.8. The van der Waals surface area contributed by atoms with Gasteiger partial charge in [-0.2, -0.15) is 5.10 Å². The van der Waals surface area contributed by atoms with Gasteiger partial charge in [0.25, 0.3) is 0 Å². The van der Waals surface area contributed by atoms with Crippen LogP contribution in [0, 0.1) is 0 Å². The van der Waals surface area contributed by atoms with Crippen LogP contribution < -0.4 is 30.3 Å². The van der Waals surface area contributed by atoms with Crippen molar-refractivity contribution < 1.29 is 33.6 Å². The van der Waals surface area contributed by atoms with Crippen LogP contribution in [0.4, 0.5) is 4.79 Å². The summed E-state index contributed by atoms with van der Waals surface area (Å²) in [6, 6.07) is 9.28. The highest BCUT2D eigenvalue weighted by Gasteiger charge is 2.32. The van der Waals surface area contributed by atoms with E-state index in [2.05, 4.69) is 37.1 Å². The average Bonchev–Trinajstić information content (AvgIpc) is 2.87. The summed E-state index contributed by atoms with van der Waals surface area (Å²) in [5.41, 5.74) is 4.67. The Labute approximate surface area is 222 Å². The second-order valence-electron chi connectivity index (χ2n) is 7.81. The third kappa shape index (κ3) is 7.14. The Balaban J connectivity index is 1.69. The van der Waals surface area contributed by atoms with Crippen molar-refractivity contribution in [3.05, 3.63) is 63.3 Å². The Kier molecular flexibility index (Phi) is 9.75. The van der Waals surface area contributed by atoms with Gasteiger partial charge in [0.15, 0.2) is 17.7 Å². The summed E-state index contributed by atoms with van der Waals surface area (Å²) in [5.74, 6) is 0.887. The van der Waals surface area contributed by atoms with E-state index in [4.69, 9.17) is 18.9 Å². The van der Waals surface area contributed by atoms with Gasteiger partial charge in [-0.25, -0.2) is 9.59 Å². The quantitative estimate of drug-likeness (QED) is 0.138. The number of ether oxygens (including phenoxy) is 4. The van der Waals surface area contributed by atoms with Crippen molar-refractivity contribution in [2.24, 2.45) is 5.10 Å². The Morgan fingerprint density at radius 1 is 1.19 bits per heavy atom. The van der Waals surface area contributed by atoms with E-state index in [1.807, 2.05) is 19.1 Å². The second kappa shape index (κ2) is 13.0. The number of amides is 2. The van der Waals surface area contributed by atoms with E-state index in [9.17, 15) is 14.7 Å². The summed E-state index contributed by atoms with van der Waals surface area (Å²) in [5, 5.41) is 19.6. The molecule has 0 spiro atoms. The van der Waals surface area contributed by atoms with Crippen LogP contribution in [0.2, 0.25) is 0 Å². The van der Waals surface area contributed by atoms with E-state index in [1.54, 1.807) is 44.5 Å². The average molecular weight is 577 g/mol. The molecule has 0 saturated carbocycles. The molecule has 3 rings (SSSR count). The molecule has 198 valence electrons. The van der Waals surface area contributed by atoms with Crippen LogP contribution in [0.5, 0.6) is 17.2 Å². The second-order valence-corrected chi connectivity index (χ2v) is 8.66. The molecule has 1 aliphatic rings. The number of allylic oxidation sites excluding steroid dienone is 1. The summed E-state index contributed by atoms with van der Waals surface area (Å²) in [6.07, 6.45) is 0.447. The zero-order valence-electron chi connectivity index (χ0n) is 20.8. The maximum Gasteiger partial charge on any atom is 0.337 e. The van der Waals surface area contributed by atoms with Crippen molar-refractivity contribution >= 4 is 34.1 Å². The molecule has 11 nitrogen and oxygen atoms in total. The third-order valence-corrected chi connectivity index (χ3v) is 5.90. The van der Waals surface area contributed by atoms with Gasteiger partial charge in [-0.1, -0.05) is 6.07 Å². The molecule has 0 saturated heterocycles. The van der Waals surface area contributed by atoms with Gasteiger partial charge in [0.1, 0.15) is 12.4 Å². The topological polar surface area (TPSA) is 140 Å². The number of aliphatic hydroxyl groups is 1. The summed E-state index contributed by atoms with van der Waals surface area (Å²) >= 11 is 3.41. The van der Waals surface area contributed by atoms with Crippen LogP contribution in [0.15, 0.2) is 57.2 Å². The number of rotatable bonds is 11. The fourth-order valence-electron chi connectivity index (χ4n) is 3.58.